The summed E-state index contributed by atoms with van der Waals surface area (Å²) >= 11 is 0. The fourth-order valence-corrected chi connectivity index (χ4v) is 3.50. The van der Waals surface area contributed by atoms with E-state index in [1.165, 1.54) is 4.90 Å². The van der Waals surface area contributed by atoms with E-state index >= 15 is 0 Å². The molecule has 0 saturated carbocycles. The molecule has 1 aromatic rings. The number of rotatable bonds is 3. The van der Waals surface area contributed by atoms with Gasteiger partial charge in [-0.05, 0) is 18.6 Å². The molecule has 0 aliphatic carbocycles. The van der Waals surface area contributed by atoms with E-state index < -0.39 is 38.3 Å². The summed E-state index contributed by atoms with van der Waals surface area (Å²) in [6.07, 6.45) is 0.526. The van der Waals surface area contributed by atoms with Crippen molar-refractivity contribution in [2.75, 3.05) is 19.3 Å². The number of halogens is 2. The first-order chi connectivity index (χ1) is 9.72. The molecule has 1 atom stereocenters. The van der Waals surface area contributed by atoms with Crippen molar-refractivity contribution in [3.63, 3.8) is 0 Å². The summed E-state index contributed by atoms with van der Waals surface area (Å²) < 4.78 is 53.5. The van der Waals surface area contributed by atoms with Crippen LogP contribution in [0.1, 0.15) is 12.8 Å². The zero-order valence-electron chi connectivity index (χ0n) is 11.3. The Morgan fingerprint density at radius 1 is 1.38 bits per heavy atom. The van der Waals surface area contributed by atoms with E-state index in [2.05, 4.69) is 4.72 Å². The molecule has 0 aromatic heterocycles. The van der Waals surface area contributed by atoms with Crippen LogP contribution in [0.25, 0.3) is 0 Å². The number of carbonyl (C=O) groups excluding carboxylic acids is 1. The van der Waals surface area contributed by atoms with Gasteiger partial charge >= 0.3 is 0 Å². The number of sulfonamides is 1. The summed E-state index contributed by atoms with van der Waals surface area (Å²) in [5.41, 5.74) is 4.32. The third-order valence-electron chi connectivity index (χ3n) is 3.33. The molecule has 0 bridgehead atoms. The number of nitrogens with zero attached hydrogens (tertiary/aromatic N) is 1. The number of hydrogen-bond acceptors (Lipinski definition) is 4. The molecule has 1 aromatic carbocycles. The molecule has 1 unspecified atom stereocenters. The second-order valence-electron chi connectivity index (χ2n) is 4.90. The van der Waals surface area contributed by atoms with Gasteiger partial charge in [-0.2, -0.15) is 0 Å². The lowest BCUT2D eigenvalue weighted by Crippen LogP contribution is -2.48. The fraction of sp³-hybridized carbons (Fsp3) is 0.417. The molecule has 9 heteroatoms. The van der Waals surface area contributed by atoms with Crippen LogP contribution in [0.15, 0.2) is 17.0 Å². The van der Waals surface area contributed by atoms with Crippen molar-refractivity contribution in [1.82, 2.24) is 9.62 Å². The highest BCUT2D eigenvalue weighted by Crippen LogP contribution is 2.23. The number of benzene rings is 1. The quantitative estimate of drug-likeness (QED) is 0.791. The van der Waals surface area contributed by atoms with E-state index in [-0.39, 0.29) is 18.9 Å². The predicted octanol–water partition coefficient (Wildman–Crippen LogP) is 0.446. The number of hydrogen-bond donors (Lipinski definition) is 2. The average Bonchev–Trinajstić information content (AvgIpc) is 2.39. The molecule has 0 radical (unpaired) electrons. The lowest BCUT2D eigenvalue weighted by Gasteiger charge is -2.30. The van der Waals surface area contributed by atoms with Crippen LogP contribution in [0.2, 0.25) is 0 Å². The predicted molar refractivity (Wildman–Crippen MR) is 71.8 cm³/mol. The van der Waals surface area contributed by atoms with E-state index in [4.69, 9.17) is 5.73 Å². The summed E-state index contributed by atoms with van der Waals surface area (Å²) in [6, 6.07) is 1.09. The fourth-order valence-electron chi connectivity index (χ4n) is 2.15. The summed E-state index contributed by atoms with van der Waals surface area (Å²) in [5, 5.41) is 0. The summed E-state index contributed by atoms with van der Waals surface area (Å²) in [4.78, 5) is 12.0. The molecule has 0 spiro atoms. The van der Waals surface area contributed by atoms with Crippen LogP contribution in [0.4, 0.5) is 14.5 Å². The highest BCUT2D eigenvalue weighted by molar-refractivity contribution is 7.89. The van der Waals surface area contributed by atoms with Crippen molar-refractivity contribution in [3.05, 3.63) is 23.8 Å². The number of anilines is 1. The lowest BCUT2D eigenvalue weighted by molar-refractivity contribution is -0.132. The van der Waals surface area contributed by atoms with Gasteiger partial charge in [-0.15, -0.1) is 0 Å². The third-order valence-corrected chi connectivity index (χ3v) is 4.87. The summed E-state index contributed by atoms with van der Waals surface area (Å²) in [6.45, 7) is 0.191. The first-order valence-corrected chi connectivity index (χ1v) is 7.70. The van der Waals surface area contributed by atoms with Crippen molar-refractivity contribution in [3.8, 4) is 0 Å². The number of amides is 1. The van der Waals surface area contributed by atoms with Crippen molar-refractivity contribution < 1.29 is 22.0 Å². The maximum Gasteiger partial charge on any atom is 0.243 e. The minimum absolute atomic E-state index is 0.0809. The topological polar surface area (TPSA) is 92.5 Å². The van der Waals surface area contributed by atoms with Gasteiger partial charge in [0, 0.05) is 26.1 Å². The Labute approximate surface area is 121 Å². The Morgan fingerprint density at radius 2 is 2.05 bits per heavy atom. The summed E-state index contributed by atoms with van der Waals surface area (Å²) in [5.74, 6) is -2.42. The highest BCUT2D eigenvalue weighted by Gasteiger charge is 2.29. The van der Waals surface area contributed by atoms with Gasteiger partial charge in [0.25, 0.3) is 0 Å². The molecule has 21 heavy (non-hydrogen) atoms. The molecule has 1 aliphatic heterocycles. The number of likely N-dealkylation sites (tertiary alicyclic amines) is 1. The van der Waals surface area contributed by atoms with Gasteiger partial charge in [0.05, 0.1) is 0 Å². The first-order valence-electron chi connectivity index (χ1n) is 6.22. The molecule has 2 rings (SSSR count). The molecule has 1 amide bonds. The second-order valence-corrected chi connectivity index (χ2v) is 6.59. The van der Waals surface area contributed by atoms with E-state index in [1.54, 1.807) is 7.05 Å². The van der Waals surface area contributed by atoms with Crippen LogP contribution < -0.4 is 10.5 Å². The van der Waals surface area contributed by atoms with Gasteiger partial charge in [0.15, 0.2) is 5.82 Å². The zero-order valence-corrected chi connectivity index (χ0v) is 12.1. The molecule has 1 aliphatic rings. The molecule has 1 saturated heterocycles. The van der Waals surface area contributed by atoms with Gasteiger partial charge in [0.2, 0.25) is 15.9 Å². The van der Waals surface area contributed by atoms with Crippen LogP contribution >= 0.6 is 0 Å². The molecular formula is C12H15F2N3O3S. The number of nitrogens with two attached hydrogens (primary N) is 1. The molecule has 3 N–H and O–H groups in total. The maximum atomic E-state index is 13.8. The first kappa shape index (κ1) is 15.6. The van der Waals surface area contributed by atoms with Crippen molar-refractivity contribution >= 4 is 21.6 Å². The smallest absolute Gasteiger partial charge is 0.243 e. The standard InChI is InChI=1S/C12H15F2N3O3S/c1-17-6-7(2-5-10(17)18)16-21(19,20)9-4-3-8(13)12(15)11(9)14/h3-4,7,16H,2,5-6,15H2,1H3. The Kier molecular flexibility index (Phi) is 4.15. The van der Waals surface area contributed by atoms with Gasteiger partial charge in [0.1, 0.15) is 16.4 Å². The van der Waals surface area contributed by atoms with E-state index in [9.17, 15) is 22.0 Å². The molecular weight excluding hydrogens is 304 g/mol. The van der Waals surface area contributed by atoms with E-state index in [0.717, 1.165) is 12.1 Å². The van der Waals surface area contributed by atoms with Gasteiger partial charge < -0.3 is 10.6 Å². The van der Waals surface area contributed by atoms with E-state index in [0.29, 0.717) is 6.42 Å². The Morgan fingerprint density at radius 3 is 2.67 bits per heavy atom. The molecule has 116 valence electrons. The minimum Gasteiger partial charge on any atom is -0.394 e. The molecule has 1 heterocycles. The number of likely N-dealkylation sites (N-methyl/N-ethyl adjacent to an activating group) is 1. The van der Waals surface area contributed by atoms with Crippen LogP contribution in [-0.4, -0.2) is 38.9 Å². The van der Waals surface area contributed by atoms with Gasteiger partial charge in [-0.1, -0.05) is 0 Å². The van der Waals surface area contributed by atoms with E-state index in [1.807, 2.05) is 0 Å². The zero-order chi connectivity index (χ0) is 15.8. The minimum atomic E-state index is -4.18. The maximum absolute atomic E-state index is 13.8. The SMILES string of the molecule is CN1CC(NS(=O)(=O)c2ccc(F)c(N)c2F)CCC1=O. The van der Waals surface area contributed by atoms with Gasteiger partial charge in [-0.3, -0.25) is 4.79 Å². The number of piperidine rings is 1. The van der Waals surface area contributed by atoms with Crippen molar-refractivity contribution in [2.45, 2.75) is 23.8 Å². The average molecular weight is 319 g/mol. The van der Waals surface area contributed by atoms with Crippen molar-refractivity contribution in [1.29, 1.82) is 0 Å². The normalized spacial score (nSPS) is 19.9. The van der Waals surface area contributed by atoms with Crippen LogP contribution in [0.3, 0.4) is 0 Å². The lowest BCUT2D eigenvalue weighted by atomic mass is 10.1. The number of nitrogen functional groups attached to an aromatic ring is 1. The van der Waals surface area contributed by atoms with Gasteiger partial charge in [-0.25, -0.2) is 21.9 Å². The number of nitrogens with one attached hydrogen (secondary N) is 1. The van der Waals surface area contributed by atoms with Crippen LogP contribution in [0.5, 0.6) is 0 Å². The van der Waals surface area contributed by atoms with Crippen LogP contribution in [0, 0.1) is 11.6 Å². The largest absolute Gasteiger partial charge is 0.394 e. The molecule has 6 nitrogen and oxygen atoms in total. The summed E-state index contributed by atoms with van der Waals surface area (Å²) in [7, 11) is -2.63. The monoisotopic (exact) mass is 319 g/mol. The Balaban J connectivity index is 2.23. The van der Waals surface area contributed by atoms with Crippen LogP contribution in [-0.2, 0) is 14.8 Å². The third kappa shape index (κ3) is 3.13. The Hall–Kier alpha value is -1.74. The highest BCUT2D eigenvalue weighted by atomic mass is 32.2. The molecule has 1 fully saturated rings. The van der Waals surface area contributed by atoms with Crippen molar-refractivity contribution in [2.24, 2.45) is 0 Å². The Bertz CT molecular complexity index is 679. The number of carbonyl (C=O) groups is 1. The second kappa shape index (κ2) is 5.57.